The Morgan fingerprint density at radius 1 is 0.808 bits per heavy atom. The molecule has 130 valence electrons. The number of carbonyl (C=O) groups excluding carboxylic acids is 1. The van der Waals surface area contributed by atoms with Gasteiger partial charge in [0.15, 0.2) is 17.3 Å². The van der Waals surface area contributed by atoms with Gasteiger partial charge in [0.2, 0.25) is 0 Å². The van der Waals surface area contributed by atoms with Gasteiger partial charge in [0.25, 0.3) is 0 Å². The molecule has 0 saturated carbocycles. The van der Waals surface area contributed by atoms with Crippen LogP contribution in [0.25, 0.3) is 0 Å². The molecule has 0 bridgehead atoms. The third-order valence-corrected chi connectivity index (χ3v) is 4.15. The lowest BCUT2D eigenvalue weighted by molar-refractivity contribution is 0.103. The fourth-order valence-corrected chi connectivity index (χ4v) is 2.82. The van der Waals surface area contributed by atoms with Crippen LogP contribution in [0.15, 0.2) is 72.8 Å². The minimum Gasteiger partial charge on any atom is -0.489 e. The van der Waals surface area contributed by atoms with Crippen LogP contribution in [0.3, 0.4) is 0 Å². The van der Waals surface area contributed by atoms with Gasteiger partial charge in [-0.2, -0.15) is 0 Å². The topological polar surface area (TPSA) is 44.8 Å². The molecular weight excluding hydrogens is 328 g/mol. The molecule has 0 aromatic heterocycles. The summed E-state index contributed by atoms with van der Waals surface area (Å²) < 4.78 is 16.9. The Hall–Kier alpha value is -3.27. The van der Waals surface area contributed by atoms with Crippen molar-refractivity contribution in [2.75, 3.05) is 13.2 Å². The summed E-state index contributed by atoms with van der Waals surface area (Å²) in [7, 11) is 0. The van der Waals surface area contributed by atoms with Gasteiger partial charge < -0.3 is 14.2 Å². The van der Waals surface area contributed by atoms with Crippen LogP contribution >= 0.6 is 0 Å². The first-order chi connectivity index (χ1) is 12.8. The van der Waals surface area contributed by atoms with Crippen LogP contribution in [-0.4, -0.2) is 19.0 Å². The summed E-state index contributed by atoms with van der Waals surface area (Å²) in [6.45, 7) is 1.48. The molecule has 0 radical (unpaired) electrons. The molecule has 3 aromatic carbocycles. The molecule has 1 aliphatic rings. The zero-order valence-corrected chi connectivity index (χ0v) is 14.2. The van der Waals surface area contributed by atoms with Crippen LogP contribution in [0.1, 0.15) is 21.5 Å². The number of hydrogen-bond acceptors (Lipinski definition) is 4. The SMILES string of the molecule is O=C(c1cccc(OCc2ccccc2)c1)c1ccc2c(c1)OCCO2. The highest BCUT2D eigenvalue weighted by atomic mass is 16.6. The normalized spacial score (nSPS) is 12.5. The predicted octanol–water partition coefficient (Wildman–Crippen LogP) is 4.27. The Balaban J connectivity index is 1.51. The molecule has 4 nitrogen and oxygen atoms in total. The van der Waals surface area contributed by atoms with Gasteiger partial charge in [-0.15, -0.1) is 0 Å². The Morgan fingerprint density at radius 3 is 2.42 bits per heavy atom. The number of ether oxygens (including phenoxy) is 3. The molecule has 4 heteroatoms. The first-order valence-electron chi connectivity index (χ1n) is 8.51. The summed E-state index contributed by atoms with van der Waals surface area (Å²) in [5.74, 6) is 1.87. The Labute approximate surface area is 152 Å². The van der Waals surface area contributed by atoms with Crippen molar-refractivity contribution >= 4 is 5.78 Å². The molecule has 26 heavy (non-hydrogen) atoms. The maximum atomic E-state index is 12.8. The van der Waals surface area contributed by atoms with Crippen LogP contribution in [0, 0.1) is 0 Å². The molecule has 1 aliphatic heterocycles. The molecule has 0 N–H and O–H groups in total. The first kappa shape index (κ1) is 16.2. The van der Waals surface area contributed by atoms with E-state index in [1.807, 2.05) is 42.5 Å². The Bertz CT molecular complexity index is 918. The van der Waals surface area contributed by atoms with E-state index in [2.05, 4.69) is 0 Å². The molecule has 0 amide bonds. The maximum absolute atomic E-state index is 12.8. The Kier molecular flexibility index (Phi) is 4.56. The largest absolute Gasteiger partial charge is 0.489 e. The van der Waals surface area contributed by atoms with Crippen LogP contribution in [-0.2, 0) is 6.61 Å². The van der Waals surface area contributed by atoms with E-state index in [1.165, 1.54) is 0 Å². The highest BCUT2D eigenvalue weighted by Crippen LogP contribution is 2.31. The van der Waals surface area contributed by atoms with Gasteiger partial charge in [-0.25, -0.2) is 0 Å². The summed E-state index contributed by atoms with van der Waals surface area (Å²) in [4.78, 5) is 12.8. The van der Waals surface area contributed by atoms with Gasteiger partial charge in [-0.05, 0) is 35.9 Å². The smallest absolute Gasteiger partial charge is 0.193 e. The fraction of sp³-hybridized carbons (Fsp3) is 0.136. The Morgan fingerprint density at radius 2 is 1.58 bits per heavy atom. The molecule has 1 heterocycles. The monoisotopic (exact) mass is 346 g/mol. The van der Waals surface area contributed by atoms with E-state index < -0.39 is 0 Å². The molecule has 0 unspecified atom stereocenters. The standard InChI is InChI=1S/C22H18O4/c23-22(18-9-10-20-21(14-18)25-12-11-24-20)17-7-4-8-19(13-17)26-15-16-5-2-1-3-6-16/h1-10,13-14H,11-12,15H2. The molecule has 3 aromatic rings. The van der Waals surface area contributed by atoms with E-state index in [-0.39, 0.29) is 5.78 Å². The number of hydrogen-bond donors (Lipinski definition) is 0. The van der Waals surface area contributed by atoms with Crippen LogP contribution in [0.5, 0.6) is 17.2 Å². The van der Waals surface area contributed by atoms with Crippen molar-refractivity contribution in [2.24, 2.45) is 0 Å². The van der Waals surface area contributed by atoms with Crippen molar-refractivity contribution in [3.8, 4) is 17.2 Å². The van der Waals surface area contributed by atoms with Crippen molar-refractivity contribution in [3.05, 3.63) is 89.5 Å². The highest BCUT2D eigenvalue weighted by Gasteiger charge is 2.16. The summed E-state index contributed by atoms with van der Waals surface area (Å²) in [5.41, 5.74) is 2.22. The van der Waals surface area contributed by atoms with Crippen molar-refractivity contribution in [2.45, 2.75) is 6.61 Å². The van der Waals surface area contributed by atoms with E-state index in [1.54, 1.807) is 30.3 Å². The predicted molar refractivity (Wildman–Crippen MR) is 98.1 cm³/mol. The van der Waals surface area contributed by atoms with Crippen molar-refractivity contribution in [1.29, 1.82) is 0 Å². The lowest BCUT2D eigenvalue weighted by Crippen LogP contribution is -2.15. The number of rotatable bonds is 5. The maximum Gasteiger partial charge on any atom is 0.193 e. The minimum absolute atomic E-state index is 0.0767. The van der Waals surface area contributed by atoms with E-state index in [0.29, 0.717) is 48.2 Å². The zero-order valence-electron chi connectivity index (χ0n) is 14.2. The van der Waals surface area contributed by atoms with Crippen molar-refractivity contribution in [3.63, 3.8) is 0 Å². The average Bonchev–Trinajstić information content (AvgIpc) is 2.72. The van der Waals surface area contributed by atoms with Gasteiger partial charge in [0.1, 0.15) is 25.6 Å². The summed E-state index contributed by atoms with van der Waals surface area (Å²) >= 11 is 0. The lowest BCUT2D eigenvalue weighted by Gasteiger charge is -2.18. The number of carbonyl (C=O) groups is 1. The average molecular weight is 346 g/mol. The minimum atomic E-state index is -0.0767. The lowest BCUT2D eigenvalue weighted by atomic mass is 10.0. The summed E-state index contributed by atoms with van der Waals surface area (Å²) in [6, 6.07) is 22.4. The second-order valence-electron chi connectivity index (χ2n) is 5.99. The molecule has 0 atom stereocenters. The van der Waals surface area contributed by atoms with Gasteiger partial charge in [-0.3, -0.25) is 4.79 Å². The molecule has 0 spiro atoms. The van der Waals surface area contributed by atoms with Gasteiger partial charge in [0.05, 0.1) is 0 Å². The molecule has 0 saturated heterocycles. The van der Waals surface area contributed by atoms with Gasteiger partial charge in [-0.1, -0.05) is 42.5 Å². The van der Waals surface area contributed by atoms with Crippen LogP contribution in [0.2, 0.25) is 0 Å². The van der Waals surface area contributed by atoms with Crippen LogP contribution < -0.4 is 14.2 Å². The molecular formula is C22H18O4. The number of fused-ring (bicyclic) bond motifs is 1. The molecule has 0 aliphatic carbocycles. The van der Waals surface area contributed by atoms with Crippen molar-refractivity contribution < 1.29 is 19.0 Å². The number of benzene rings is 3. The quantitative estimate of drug-likeness (QED) is 0.647. The second-order valence-corrected chi connectivity index (χ2v) is 5.99. The molecule has 0 fully saturated rings. The van der Waals surface area contributed by atoms with E-state index in [4.69, 9.17) is 14.2 Å². The summed E-state index contributed by atoms with van der Waals surface area (Å²) in [5, 5.41) is 0. The third-order valence-electron chi connectivity index (χ3n) is 4.15. The third kappa shape index (κ3) is 3.54. The zero-order chi connectivity index (χ0) is 17.8. The first-order valence-corrected chi connectivity index (χ1v) is 8.51. The number of ketones is 1. The van der Waals surface area contributed by atoms with Gasteiger partial charge in [0, 0.05) is 11.1 Å². The van der Waals surface area contributed by atoms with Gasteiger partial charge >= 0.3 is 0 Å². The van der Waals surface area contributed by atoms with Crippen LogP contribution in [0.4, 0.5) is 0 Å². The van der Waals surface area contributed by atoms with E-state index in [0.717, 1.165) is 5.56 Å². The van der Waals surface area contributed by atoms with Crippen molar-refractivity contribution in [1.82, 2.24) is 0 Å². The summed E-state index contributed by atoms with van der Waals surface area (Å²) in [6.07, 6.45) is 0. The van der Waals surface area contributed by atoms with E-state index >= 15 is 0 Å². The highest BCUT2D eigenvalue weighted by molar-refractivity contribution is 6.09. The second kappa shape index (κ2) is 7.31. The molecule has 4 rings (SSSR count). The fourth-order valence-electron chi connectivity index (χ4n) is 2.82. The van der Waals surface area contributed by atoms with E-state index in [9.17, 15) is 4.79 Å².